The predicted molar refractivity (Wildman–Crippen MR) is 90.7 cm³/mol. The first-order chi connectivity index (χ1) is 11.6. The van der Waals surface area contributed by atoms with Gasteiger partial charge < -0.3 is 9.84 Å². The van der Waals surface area contributed by atoms with Crippen LogP contribution in [-0.2, 0) is 9.53 Å². The van der Waals surface area contributed by atoms with Crippen molar-refractivity contribution in [3.8, 4) is 17.6 Å². The molecule has 0 saturated carbocycles. The van der Waals surface area contributed by atoms with Gasteiger partial charge in [-0.2, -0.15) is 0 Å². The lowest BCUT2D eigenvalue weighted by molar-refractivity contribution is -0.143. The Morgan fingerprint density at radius 2 is 1.71 bits per heavy atom. The Balaban J connectivity index is 2.12. The second-order valence-electron chi connectivity index (χ2n) is 5.08. The van der Waals surface area contributed by atoms with Crippen LogP contribution in [-0.4, -0.2) is 23.5 Å². The molecule has 2 aromatic carbocycles. The molecule has 24 heavy (non-hydrogen) atoms. The lowest BCUT2D eigenvalue weighted by Crippen LogP contribution is -2.08. The van der Waals surface area contributed by atoms with Crippen molar-refractivity contribution in [2.24, 2.45) is 0 Å². The number of Topliss-reactive ketones (excluding diaryl/α,β-unsaturated/α-hetero) is 1. The topological polar surface area (TPSA) is 63.6 Å². The van der Waals surface area contributed by atoms with E-state index in [0.717, 1.165) is 5.56 Å². The van der Waals surface area contributed by atoms with E-state index >= 15 is 0 Å². The highest BCUT2D eigenvalue weighted by atomic mass is 16.5. The Kier molecular flexibility index (Phi) is 6.16. The summed E-state index contributed by atoms with van der Waals surface area (Å²) in [6.07, 6.45) is -0.0198. The summed E-state index contributed by atoms with van der Waals surface area (Å²) in [7, 11) is 0. The van der Waals surface area contributed by atoms with E-state index in [1.807, 2.05) is 30.3 Å². The largest absolute Gasteiger partial charge is 0.507 e. The minimum absolute atomic E-state index is 0.00790. The van der Waals surface area contributed by atoms with Crippen molar-refractivity contribution in [1.29, 1.82) is 0 Å². The molecule has 0 atom stereocenters. The molecule has 0 spiro atoms. The number of esters is 1. The molecule has 0 aliphatic heterocycles. The number of benzene rings is 2. The van der Waals surface area contributed by atoms with Crippen LogP contribution in [0.15, 0.2) is 48.5 Å². The molecule has 0 saturated heterocycles. The van der Waals surface area contributed by atoms with Gasteiger partial charge in [-0.05, 0) is 37.3 Å². The fraction of sp³-hybridized carbons (Fsp3) is 0.200. The number of phenolic OH excluding ortho intramolecular Hbond substituents is 1. The smallest absolute Gasteiger partial charge is 0.306 e. The number of carbonyl (C=O) groups is 2. The maximum atomic E-state index is 12.2. The first kappa shape index (κ1) is 17.3. The van der Waals surface area contributed by atoms with Crippen LogP contribution in [0.25, 0.3) is 0 Å². The normalized spacial score (nSPS) is 9.71. The molecule has 0 aliphatic carbocycles. The van der Waals surface area contributed by atoms with Crippen molar-refractivity contribution < 1.29 is 19.4 Å². The minimum Gasteiger partial charge on any atom is -0.507 e. The number of phenols is 1. The van der Waals surface area contributed by atoms with Crippen molar-refractivity contribution in [1.82, 2.24) is 0 Å². The molecule has 0 aromatic heterocycles. The van der Waals surface area contributed by atoms with E-state index in [9.17, 15) is 14.7 Å². The van der Waals surface area contributed by atoms with E-state index in [1.165, 1.54) is 6.07 Å². The number of ketones is 1. The van der Waals surface area contributed by atoms with Crippen LogP contribution in [0.4, 0.5) is 0 Å². The molecule has 0 fully saturated rings. The van der Waals surface area contributed by atoms with Gasteiger partial charge in [0.2, 0.25) is 0 Å². The molecule has 2 rings (SSSR count). The van der Waals surface area contributed by atoms with Crippen molar-refractivity contribution in [2.75, 3.05) is 6.61 Å². The van der Waals surface area contributed by atoms with Crippen molar-refractivity contribution >= 4 is 11.8 Å². The lowest BCUT2D eigenvalue weighted by Gasteiger charge is -2.05. The first-order valence-electron chi connectivity index (χ1n) is 7.69. The first-order valence-corrected chi connectivity index (χ1v) is 7.69. The molecule has 0 bridgehead atoms. The summed E-state index contributed by atoms with van der Waals surface area (Å²) in [5.41, 5.74) is 1.65. The van der Waals surface area contributed by atoms with Crippen molar-refractivity contribution in [3.05, 3.63) is 65.2 Å². The maximum absolute atomic E-state index is 12.2. The average Bonchev–Trinajstić information content (AvgIpc) is 2.60. The fourth-order valence-electron chi connectivity index (χ4n) is 2.09. The SMILES string of the molecule is CCOC(=O)CCC(=O)c1cc(C#Cc2ccccc2)ccc1O. The van der Waals surface area contributed by atoms with Crippen LogP contribution in [0.2, 0.25) is 0 Å². The zero-order valence-corrected chi connectivity index (χ0v) is 13.4. The molecule has 1 N–H and O–H groups in total. The van der Waals surface area contributed by atoms with E-state index in [1.54, 1.807) is 19.1 Å². The highest BCUT2D eigenvalue weighted by Crippen LogP contribution is 2.20. The van der Waals surface area contributed by atoms with Crippen LogP contribution in [0.3, 0.4) is 0 Å². The second-order valence-corrected chi connectivity index (χ2v) is 5.08. The fourth-order valence-corrected chi connectivity index (χ4v) is 2.09. The van der Waals surface area contributed by atoms with Crippen LogP contribution < -0.4 is 0 Å². The summed E-state index contributed by atoms with van der Waals surface area (Å²) in [4.78, 5) is 23.5. The molecule has 122 valence electrons. The van der Waals surface area contributed by atoms with Gasteiger partial charge in [0.05, 0.1) is 18.6 Å². The third kappa shape index (κ3) is 4.99. The van der Waals surface area contributed by atoms with E-state index in [4.69, 9.17) is 4.74 Å². The van der Waals surface area contributed by atoms with Gasteiger partial charge in [0, 0.05) is 17.5 Å². The summed E-state index contributed by atoms with van der Waals surface area (Å²) >= 11 is 0. The highest BCUT2D eigenvalue weighted by molar-refractivity contribution is 6.00. The Morgan fingerprint density at radius 3 is 2.42 bits per heavy atom. The summed E-state index contributed by atoms with van der Waals surface area (Å²) in [6.45, 7) is 1.99. The van der Waals surface area contributed by atoms with Gasteiger partial charge in [-0.1, -0.05) is 30.0 Å². The number of aromatic hydroxyl groups is 1. The molecular weight excluding hydrogens is 304 g/mol. The molecule has 0 radical (unpaired) electrons. The molecule has 2 aromatic rings. The Hall–Kier alpha value is -3.06. The van der Waals surface area contributed by atoms with E-state index in [-0.39, 0.29) is 36.5 Å². The van der Waals surface area contributed by atoms with Gasteiger partial charge in [0.1, 0.15) is 5.75 Å². The summed E-state index contributed by atoms with van der Waals surface area (Å²) in [5.74, 6) is 5.10. The third-order valence-corrected chi connectivity index (χ3v) is 3.28. The van der Waals surface area contributed by atoms with Crippen molar-refractivity contribution in [2.45, 2.75) is 19.8 Å². The van der Waals surface area contributed by atoms with Gasteiger partial charge >= 0.3 is 5.97 Å². The summed E-state index contributed by atoms with van der Waals surface area (Å²) in [5, 5.41) is 9.87. The summed E-state index contributed by atoms with van der Waals surface area (Å²) in [6, 6.07) is 14.1. The lowest BCUT2D eigenvalue weighted by atomic mass is 10.0. The average molecular weight is 322 g/mol. The van der Waals surface area contributed by atoms with Gasteiger partial charge in [-0.15, -0.1) is 0 Å². The van der Waals surface area contributed by atoms with E-state index < -0.39 is 5.97 Å². The van der Waals surface area contributed by atoms with Crippen LogP contribution in [0.5, 0.6) is 5.75 Å². The second kappa shape index (κ2) is 8.54. The van der Waals surface area contributed by atoms with E-state index in [0.29, 0.717) is 5.56 Å². The predicted octanol–water partition coefficient (Wildman–Crippen LogP) is 3.32. The van der Waals surface area contributed by atoms with Crippen LogP contribution >= 0.6 is 0 Å². The standard InChI is InChI=1S/C20H18O4/c1-2-24-20(23)13-12-19(22)17-14-16(10-11-18(17)21)9-8-15-6-4-3-5-7-15/h3-7,10-11,14,21H,2,12-13H2,1H3. The zero-order valence-electron chi connectivity index (χ0n) is 13.4. The number of rotatable bonds is 5. The minimum atomic E-state index is -0.426. The third-order valence-electron chi connectivity index (χ3n) is 3.28. The number of hydrogen-bond donors (Lipinski definition) is 1. The quantitative estimate of drug-likeness (QED) is 0.521. The Bertz CT molecular complexity index is 782. The Labute approximate surface area is 141 Å². The van der Waals surface area contributed by atoms with Crippen LogP contribution in [0.1, 0.15) is 41.3 Å². The highest BCUT2D eigenvalue weighted by Gasteiger charge is 2.14. The zero-order chi connectivity index (χ0) is 17.4. The molecule has 0 unspecified atom stereocenters. The molecular formula is C20H18O4. The molecule has 4 heteroatoms. The molecule has 0 aliphatic rings. The number of ether oxygens (including phenoxy) is 1. The number of carbonyl (C=O) groups excluding carboxylic acids is 2. The van der Waals surface area contributed by atoms with Gasteiger partial charge in [-0.3, -0.25) is 9.59 Å². The van der Waals surface area contributed by atoms with E-state index in [2.05, 4.69) is 11.8 Å². The van der Waals surface area contributed by atoms with Gasteiger partial charge in [0.15, 0.2) is 5.78 Å². The van der Waals surface area contributed by atoms with Crippen molar-refractivity contribution in [3.63, 3.8) is 0 Å². The van der Waals surface area contributed by atoms with Gasteiger partial charge in [-0.25, -0.2) is 0 Å². The summed E-state index contributed by atoms with van der Waals surface area (Å²) < 4.78 is 4.79. The molecule has 0 amide bonds. The maximum Gasteiger partial charge on any atom is 0.306 e. The molecule has 0 heterocycles. The van der Waals surface area contributed by atoms with Gasteiger partial charge in [0.25, 0.3) is 0 Å². The molecule has 4 nitrogen and oxygen atoms in total. The Morgan fingerprint density at radius 1 is 1.00 bits per heavy atom. The number of hydrogen-bond acceptors (Lipinski definition) is 4. The van der Waals surface area contributed by atoms with Crippen LogP contribution in [0, 0.1) is 11.8 Å². The monoisotopic (exact) mass is 322 g/mol.